The fourth-order valence-corrected chi connectivity index (χ4v) is 2.80. The Kier molecular flexibility index (Phi) is 8.16. The van der Waals surface area contributed by atoms with Gasteiger partial charge >= 0.3 is 0 Å². The summed E-state index contributed by atoms with van der Waals surface area (Å²) in [7, 11) is 0. The molecule has 0 aliphatic rings. The first-order valence-corrected chi connectivity index (χ1v) is 9.73. The Labute approximate surface area is 191 Å². The number of anilines is 5. The lowest BCUT2D eigenvalue weighted by atomic mass is 10.2. The molecule has 10 heteroatoms. The van der Waals surface area contributed by atoms with Crippen LogP contribution in [-0.2, 0) is 0 Å². The number of nitro groups is 1. The summed E-state index contributed by atoms with van der Waals surface area (Å²) in [6.07, 6.45) is 0. The largest absolute Gasteiger partial charge is 0.397 e. The molecule has 0 bridgehead atoms. The maximum atomic E-state index is 10.8. The van der Waals surface area contributed by atoms with Gasteiger partial charge in [0.15, 0.2) is 0 Å². The fraction of sp³-hybridized carbons (Fsp3) is 0.217. The zero-order valence-corrected chi connectivity index (χ0v) is 18.2. The van der Waals surface area contributed by atoms with Crippen molar-refractivity contribution in [1.82, 2.24) is 10.3 Å². The molecule has 0 aliphatic heterocycles. The summed E-state index contributed by atoms with van der Waals surface area (Å²) in [4.78, 5) is 10.4. The smallest absolute Gasteiger partial charge is 0.292 e. The predicted octanol–water partition coefficient (Wildman–Crippen LogP) is 6.20. The molecule has 0 saturated heterocycles. The van der Waals surface area contributed by atoms with E-state index in [2.05, 4.69) is 20.9 Å². The minimum atomic E-state index is -0.439. The maximum Gasteiger partial charge on any atom is 0.292 e. The molecule has 10 nitrogen and oxygen atoms in total. The molecule has 4 aromatic rings. The van der Waals surface area contributed by atoms with Gasteiger partial charge in [0.1, 0.15) is 5.69 Å². The van der Waals surface area contributed by atoms with Crippen LogP contribution in [0.3, 0.4) is 0 Å². The van der Waals surface area contributed by atoms with E-state index in [0.29, 0.717) is 28.8 Å². The van der Waals surface area contributed by atoms with Gasteiger partial charge in [0.25, 0.3) is 5.69 Å². The molecule has 2 heterocycles. The van der Waals surface area contributed by atoms with Gasteiger partial charge < -0.3 is 25.4 Å². The number of benzene rings is 2. The number of nitrogen functional groups attached to an aromatic ring is 1. The number of aromatic nitrogens is 2. The number of nitrogens with zero attached hydrogens (tertiary/aromatic N) is 3. The van der Waals surface area contributed by atoms with Crippen molar-refractivity contribution in [2.24, 2.45) is 0 Å². The van der Waals surface area contributed by atoms with E-state index >= 15 is 0 Å². The van der Waals surface area contributed by atoms with Crippen LogP contribution in [-0.4, -0.2) is 15.2 Å². The van der Waals surface area contributed by atoms with E-state index in [0.717, 1.165) is 22.5 Å². The van der Waals surface area contributed by atoms with Gasteiger partial charge in [0.05, 0.1) is 27.7 Å². The third-order valence-electron chi connectivity index (χ3n) is 4.33. The monoisotopic (exact) mass is 452 g/mol. The molecule has 0 aliphatic carbocycles. The number of aryl methyl sites for hydroxylation is 4. The van der Waals surface area contributed by atoms with Gasteiger partial charge in [-0.3, -0.25) is 10.1 Å². The van der Waals surface area contributed by atoms with Crippen molar-refractivity contribution in [3.8, 4) is 0 Å². The van der Waals surface area contributed by atoms with E-state index in [4.69, 9.17) is 14.8 Å². The Balaban J connectivity index is 0.000000228. The number of rotatable bonds is 5. The molecule has 0 fully saturated rings. The van der Waals surface area contributed by atoms with E-state index in [9.17, 15) is 10.1 Å². The Morgan fingerprint density at radius 2 is 1.30 bits per heavy atom. The molecule has 0 saturated carbocycles. The highest BCUT2D eigenvalue weighted by Crippen LogP contribution is 2.28. The summed E-state index contributed by atoms with van der Waals surface area (Å²) >= 11 is 0. The third-order valence-corrected chi connectivity index (χ3v) is 4.33. The molecule has 0 atom stereocenters. The molecule has 33 heavy (non-hydrogen) atoms. The van der Waals surface area contributed by atoms with Crippen LogP contribution < -0.4 is 16.4 Å². The van der Waals surface area contributed by atoms with Crippen molar-refractivity contribution >= 4 is 34.5 Å². The summed E-state index contributed by atoms with van der Waals surface area (Å²) in [5, 5.41) is 24.3. The van der Waals surface area contributed by atoms with E-state index in [-0.39, 0.29) is 13.1 Å². The number of hydrogen-bond acceptors (Lipinski definition) is 9. The van der Waals surface area contributed by atoms with Gasteiger partial charge in [0.2, 0.25) is 11.8 Å². The fourth-order valence-electron chi connectivity index (χ4n) is 2.80. The van der Waals surface area contributed by atoms with Gasteiger partial charge in [-0.25, -0.2) is 0 Å². The van der Waals surface area contributed by atoms with Crippen LogP contribution in [0.2, 0.25) is 0 Å². The summed E-state index contributed by atoms with van der Waals surface area (Å²) in [6, 6.07) is 14.1. The van der Waals surface area contributed by atoms with E-state index < -0.39 is 4.92 Å². The second kappa shape index (κ2) is 10.8. The van der Waals surface area contributed by atoms with Gasteiger partial charge in [0, 0.05) is 18.2 Å². The van der Waals surface area contributed by atoms with E-state index in [1.54, 1.807) is 25.1 Å². The third kappa shape index (κ3) is 6.82. The second-order valence-corrected chi connectivity index (χ2v) is 7.28. The van der Waals surface area contributed by atoms with Crippen LogP contribution in [0.1, 0.15) is 29.9 Å². The molecule has 2 aromatic carbocycles. The number of nitrogens with two attached hydrogens (primary N) is 1. The lowest BCUT2D eigenvalue weighted by Crippen LogP contribution is -1.96. The minimum Gasteiger partial charge on any atom is -0.397 e. The molecule has 174 valence electrons. The van der Waals surface area contributed by atoms with Crippen molar-refractivity contribution in [1.29, 1.82) is 0 Å². The maximum absolute atomic E-state index is 10.8. The van der Waals surface area contributed by atoms with Crippen LogP contribution in [0.25, 0.3) is 0 Å². The first-order chi connectivity index (χ1) is 15.2. The topological polar surface area (TPSA) is 145 Å². The van der Waals surface area contributed by atoms with Crippen molar-refractivity contribution in [2.45, 2.75) is 35.1 Å². The molecule has 4 rings (SSSR count). The molecule has 0 radical (unpaired) electrons. The molecule has 0 amide bonds. The van der Waals surface area contributed by atoms with Crippen LogP contribution >= 0.6 is 0 Å². The number of nitrogens with one attached hydrogen (secondary N) is 2. The average molecular weight is 453 g/mol. The summed E-state index contributed by atoms with van der Waals surface area (Å²) in [6.45, 7) is 7.52. The Hall–Kier alpha value is -4.34. The minimum absolute atomic E-state index is 0. The molecular weight excluding hydrogens is 424 g/mol. The zero-order chi connectivity index (χ0) is 23.3. The first-order valence-electron chi connectivity index (χ1n) is 9.73. The quantitative estimate of drug-likeness (QED) is 0.183. The Morgan fingerprint density at radius 1 is 0.818 bits per heavy atom. The van der Waals surface area contributed by atoms with Crippen LogP contribution in [0.4, 0.5) is 34.5 Å². The number of nitro benzene ring substituents is 1. The van der Waals surface area contributed by atoms with Crippen molar-refractivity contribution in [2.75, 3.05) is 16.4 Å². The van der Waals surface area contributed by atoms with Crippen molar-refractivity contribution < 1.29 is 14.0 Å². The van der Waals surface area contributed by atoms with Crippen LogP contribution in [0.5, 0.6) is 0 Å². The first kappa shape index (κ1) is 24.9. The second-order valence-electron chi connectivity index (χ2n) is 7.28. The highest BCUT2D eigenvalue weighted by molar-refractivity contribution is 5.71. The van der Waals surface area contributed by atoms with Crippen molar-refractivity contribution in [3.05, 3.63) is 81.2 Å². The normalized spacial score (nSPS) is 9.94. The van der Waals surface area contributed by atoms with E-state index in [1.165, 1.54) is 6.07 Å². The summed E-state index contributed by atoms with van der Waals surface area (Å²) in [5.74, 6) is 0.987. The van der Waals surface area contributed by atoms with Crippen LogP contribution in [0, 0.1) is 37.8 Å². The van der Waals surface area contributed by atoms with Crippen molar-refractivity contribution in [3.63, 3.8) is 0 Å². The predicted molar refractivity (Wildman–Crippen MR) is 129 cm³/mol. The molecule has 2 aromatic heterocycles. The van der Waals surface area contributed by atoms with Crippen LogP contribution in [0.15, 0.2) is 57.6 Å². The van der Waals surface area contributed by atoms with E-state index in [1.807, 2.05) is 45.0 Å². The molecular formula is C23H28N6O4. The highest BCUT2D eigenvalue weighted by Gasteiger charge is 2.15. The van der Waals surface area contributed by atoms with Gasteiger partial charge in [-0.15, -0.1) is 0 Å². The Bertz CT molecular complexity index is 1230. The molecule has 4 N–H and O–H groups in total. The Morgan fingerprint density at radius 3 is 1.79 bits per heavy atom. The molecule has 0 spiro atoms. The highest BCUT2D eigenvalue weighted by atomic mass is 16.6. The zero-order valence-electron chi connectivity index (χ0n) is 18.2. The molecule has 0 unspecified atom stereocenters. The lowest BCUT2D eigenvalue weighted by molar-refractivity contribution is -0.383. The average Bonchev–Trinajstić information content (AvgIpc) is 3.32. The SMILES string of the molecule is C.Cc1ccc(N)c(Nc2cc(C)no2)c1.Cc1ccc([N+](=O)[O-])c(Nc2cc(C)no2)c1. The van der Waals surface area contributed by atoms with Gasteiger partial charge in [-0.1, -0.05) is 29.9 Å². The van der Waals surface area contributed by atoms with Gasteiger partial charge in [-0.05, 0) is 57.0 Å². The standard InChI is InChI=1S/C11H11N3O3.C11H13N3O.CH4/c1-7-3-4-10(14(15)16)9(5-7)12-11-6-8(2)13-17-11;1-7-3-4-9(12)10(5-7)13-11-6-8(2)14-15-11;/h3-6,12H,1-2H3;3-6,13H,12H2,1-2H3;1H4. The number of hydrogen-bond donors (Lipinski definition) is 3. The lowest BCUT2D eigenvalue weighted by Gasteiger charge is -2.06. The summed E-state index contributed by atoms with van der Waals surface area (Å²) in [5.41, 5.74) is 11.4. The summed E-state index contributed by atoms with van der Waals surface area (Å²) < 4.78 is 10.0. The van der Waals surface area contributed by atoms with Gasteiger partial charge in [-0.2, -0.15) is 0 Å².